The Labute approximate surface area is 250 Å². The monoisotopic (exact) mass is 675 g/mol. The molecule has 0 aliphatic carbocycles. The molecule has 9 unspecified atom stereocenters. The van der Waals surface area contributed by atoms with Crippen molar-refractivity contribution in [3.8, 4) is 0 Å². The molecule has 3 aliphatic rings. The summed E-state index contributed by atoms with van der Waals surface area (Å²) in [5.41, 5.74) is 10.9. The molecule has 3 saturated heterocycles. The molecule has 0 amide bonds. The molecular weight excluding hydrogens is 648 g/mol. The van der Waals surface area contributed by atoms with Crippen molar-refractivity contribution >= 4 is 50.0 Å². The van der Waals surface area contributed by atoms with Crippen molar-refractivity contribution in [1.29, 1.82) is 0 Å². The summed E-state index contributed by atoms with van der Waals surface area (Å²) >= 11 is 0. The van der Waals surface area contributed by atoms with E-state index in [9.17, 15) is 34.3 Å². The quantitative estimate of drug-likeness (QED) is 0.102. The van der Waals surface area contributed by atoms with Gasteiger partial charge in [0.1, 0.15) is 0 Å². The Kier molecular flexibility index (Phi) is 7.41. The van der Waals surface area contributed by atoms with Crippen LogP contribution in [0.4, 0.5) is 11.8 Å². The number of phosphoric ester groups is 1. The first-order valence-corrected chi connectivity index (χ1v) is 16.4. The van der Waals surface area contributed by atoms with Gasteiger partial charge in [0.05, 0.1) is 0 Å². The van der Waals surface area contributed by atoms with Gasteiger partial charge in [-0.3, -0.25) is 0 Å². The van der Waals surface area contributed by atoms with Gasteiger partial charge >= 0.3 is 250 Å². The standard InChI is InChI=1S/C21H27N9O13P2/c22-15-7-1-2-29(16(7)25-5-24-15)19-12(32)13-9(41-19)4-39-45(36,37)43-14-11(31)8(3-38-44(34,35)42-13)40-20(14)30-6-26-10-17(30)27-21(23)28-18(10)33/h1-2,5-6,8-9,11-14,19-20,31-32,36-37,45H,3-4H2,(H,34,35)(H2,22,24,25)(H3,23,27,28,33). The topological polar surface area (TPSA) is 320 Å². The Morgan fingerprint density at radius 3 is 2.58 bits per heavy atom. The first-order valence-electron chi connectivity index (χ1n) is 13.2. The third kappa shape index (κ3) is 5.38. The number of phosphoric acid groups is 1. The number of rotatable bonds is 2. The SMILES string of the molecule is Nc1nc2c(ncn2C2OC3COP(=O)(O)OC4C(CO[PH](O)(O)OC2C3O)OC(n2ccc3c(N)ncnc32)C4O)c(=O)[nH]1. The summed E-state index contributed by atoms with van der Waals surface area (Å²) in [5, 5.41) is 22.6. The maximum atomic E-state index is 13.1. The molecule has 4 aromatic rings. The van der Waals surface area contributed by atoms with E-state index in [0.29, 0.717) is 5.39 Å². The number of hydrogen-bond donors (Lipinski definition) is 8. The summed E-state index contributed by atoms with van der Waals surface area (Å²) in [4.78, 5) is 62.9. The van der Waals surface area contributed by atoms with Crippen LogP contribution < -0.4 is 17.0 Å². The van der Waals surface area contributed by atoms with Crippen LogP contribution in [0.1, 0.15) is 12.5 Å². The minimum atomic E-state index is -5.20. The van der Waals surface area contributed by atoms with Crippen molar-refractivity contribution in [1.82, 2.24) is 34.1 Å². The molecule has 3 aliphatic heterocycles. The first kappa shape index (κ1) is 30.4. The summed E-state index contributed by atoms with van der Waals surface area (Å²) in [6.07, 6.45) is -8.35. The van der Waals surface area contributed by atoms with Gasteiger partial charge in [0.25, 0.3) is 0 Å². The molecule has 0 spiro atoms. The fraction of sp³-hybridized carbons (Fsp3) is 0.476. The molecule has 0 radical (unpaired) electrons. The number of hydrogen-bond acceptors (Lipinski definition) is 18. The van der Waals surface area contributed by atoms with E-state index in [-0.39, 0.29) is 28.6 Å². The number of aromatic amines is 1. The maximum absolute atomic E-state index is 13.1. The van der Waals surface area contributed by atoms with Crippen LogP contribution in [0.15, 0.2) is 29.7 Å². The summed E-state index contributed by atoms with van der Waals surface area (Å²) in [5.74, 6) is -0.111. The molecule has 0 saturated carbocycles. The minimum absolute atomic E-state index is 0.100. The van der Waals surface area contributed by atoms with Crippen molar-refractivity contribution < 1.29 is 57.0 Å². The van der Waals surface area contributed by atoms with Gasteiger partial charge in [-0.2, -0.15) is 0 Å². The Balaban J connectivity index is 1.20. The van der Waals surface area contributed by atoms with E-state index >= 15 is 0 Å². The van der Waals surface area contributed by atoms with Crippen LogP contribution in [0.5, 0.6) is 0 Å². The fourth-order valence-corrected chi connectivity index (χ4v) is 7.52. The first-order chi connectivity index (χ1) is 21.3. The number of fused-ring (bicyclic) bond motifs is 5. The van der Waals surface area contributed by atoms with Gasteiger partial charge in [0.2, 0.25) is 0 Å². The van der Waals surface area contributed by atoms with Crippen molar-refractivity contribution in [2.45, 2.75) is 49.1 Å². The second-order valence-corrected chi connectivity index (χ2v) is 13.4. The van der Waals surface area contributed by atoms with Crippen molar-refractivity contribution in [3.63, 3.8) is 0 Å². The Hall–Kier alpha value is -3.21. The second-order valence-electron chi connectivity index (χ2n) is 10.4. The average Bonchev–Trinajstić information content (AvgIpc) is 3.72. The van der Waals surface area contributed by atoms with Crippen LogP contribution in [0.3, 0.4) is 0 Å². The van der Waals surface area contributed by atoms with E-state index in [1.807, 2.05) is 0 Å². The predicted molar refractivity (Wildman–Crippen MR) is 149 cm³/mol. The normalized spacial score (nSPS) is 36.3. The molecule has 45 heavy (non-hydrogen) atoms. The summed E-state index contributed by atoms with van der Waals surface area (Å²) < 4.78 is 48.5. The second kappa shape index (κ2) is 11.0. The summed E-state index contributed by atoms with van der Waals surface area (Å²) in [7, 11) is -10.2. The fourth-order valence-electron chi connectivity index (χ4n) is 5.50. The van der Waals surface area contributed by atoms with Gasteiger partial charge in [-0.05, 0) is 0 Å². The number of aromatic nitrogens is 7. The third-order valence-corrected chi connectivity index (χ3v) is 9.65. The van der Waals surface area contributed by atoms with Crippen LogP contribution in [-0.4, -0.2) is 109 Å². The molecule has 10 N–H and O–H groups in total. The van der Waals surface area contributed by atoms with Crippen LogP contribution in [0.2, 0.25) is 0 Å². The molecule has 3 fully saturated rings. The number of imidazole rings is 1. The van der Waals surface area contributed by atoms with E-state index in [0.717, 1.165) is 10.9 Å². The van der Waals surface area contributed by atoms with E-state index < -0.39 is 83.8 Å². The van der Waals surface area contributed by atoms with Crippen LogP contribution >= 0.6 is 16.0 Å². The molecule has 9 atom stereocenters. The number of anilines is 2. The van der Waals surface area contributed by atoms with Gasteiger partial charge in [-0.1, -0.05) is 0 Å². The molecule has 7 heterocycles. The Bertz CT molecular complexity index is 1870. The summed E-state index contributed by atoms with van der Waals surface area (Å²) in [6.45, 7) is -1.52. The van der Waals surface area contributed by atoms with Crippen molar-refractivity contribution in [3.05, 3.63) is 35.3 Å². The van der Waals surface area contributed by atoms with Crippen LogP contribution in [0, 0.1) is 0 Å². The predicted octanol–water partition coefficient (Wildman–Crippen LogP) is -2.44. The Morgan fingerprint density at radius 2 is 1.78 bits per heavy atom. The number of nitrogens with one attached hydrogen (secondary N) is 1. The molecule has 2 bridgehead atoms. The Morgan fingerprint density at radius 1 is 1.00 bits per heavy atom. The molecule has 22 nitrogen and oxygen atoms in total. The van der Waals surface area contributed by atoms with Gasteiger partial charge in [0, 0.05) is 0 Å². The van der Waals surface area contributed by atoms with E-state index in [1.165, 1.54) is 17.1 Å². The number of H-pyrrole nitrogens is 1. The molecule has 0 aromatic carbocycles. The molecule has 4 aromatic heterocycles. The number of aliphatic hydroxyl groups excluding tert-OH is 2. The molecule has 244 valence electrons. The number of nitrogens with zero attached hydrogens (tertiary/aromatic N) is 6. The molecular formula is C21H27N9O13P2. The zero-order valence-corrected chi connectivity index (χ0v) is 24.5. The average molecular weight is 675 g/mol. The zero-order valence-electron chi connectivity index (χ0n) is 22.6. The van der Waals surface area contributed by atoms with E-state index in [2.05, 4.69) is 24.9 Å². The van der Waals surface area contributed by atoms with Gasteiger partial charge in [-0.25, -0.2) is 0 Å². The molecule has 7 rings (SSSR count). The zero-order chi connectivity index (χ0) is 31.8. The van der Waals surface area contributed by atoms with Crippen LogP contribution in [-0.2, 0) is 32.1 Å². The number of nitrogens with two attached hydrogens (primary N) is 2. The third-order valence-electron chi connectivity index (χ3n) is 7.54. The van der Waals surface area contributed by atoms with Crippen molar-refractivity contribution in [2.75, 3.05) is 24.7 Å². The van der Waals surface area contributed by atoms with Gasteiger partial charge in [-0.15, -0.1) is 0 Å². The van der Waals surface area contributed by atoms with Crippen molar-refractivity contribution in [2.24, 2.45) is 0 Å². The van der Waals surface area contributed by atoms with E-state index in [4.69, 9.17) is 39.0 Å². The van der Waals surface area contributed by atoms with E-state index in [1.54, 1.807) is 6.07 Å². The van der Waals surface area contributed by atoms with Gasteiger partial charge in [0.15, 0.2) is 0 Å². The number of ether oxygens (including phenoxy) is 2. The molecule has 24 heteroatoms. The number of nitrogen functional groups attached to an aromatic ring is 2. The summed E-state index contributed by atoms with van der Waals surface area (Å²) in [6, 6.07) is 1.57. The van der Waals surface area contributed by atoms with Gasteiger partial charge < -0.3 is 0 Å². The number of aliphatic hydroxyl groups is 2. The van der Waals surface area contributed by atoms with Crippen LogP contribution in [0.25, 0.3) is 22.2 Å².